The van der Waals surface area contributed by atoms with Crippen molar-refractivity contribution >= 4 is 17.5 Å². The average molecular weight is 472 g/mol. The van der Waals surface area contributed by atoms with Gasteiger partial charge in [-0.15, -0.1) is 0 Å². The van der Waals surface area contributed by atoms with E-state index in [0.29, 0.717) is 33.8 Å². The van der Waals surface area contributed by atoms with E-state index in [1.54, 1.807) is 50.4 Å². The number of rotatable bonds is 7. The SMILES string of the molecule is C=CC(=O)Nc1ccc(-c2c(-c3ccc(Oc4nccc(C)n4)c(F)c3)c(C(N)=O)nn2C)cc1. The van der Waals surface area contributed by atoms with E-state index in [1.165, 1.54) is 29.1 Å². The van der Waals surface area contributed by atoms with Crippen molar-refractivity contribution in [3.05, 3.63) is 84.6 Å². The maximum Gasteiger partial charge on any atom is 0.322 e. The Balaban J connectivity index is 1.75. The van der Waals surface area contributed by atoms with E-state index in [1.807, 2.05) is 0 Å². The second-order valence-electron chi connectivity index (χ2n) is 7.56. The summed E-state index contributed by atoms with van der Waals surface area (Å²) in [4.78, 5) is 31.8. The molecule has 4 aromatic rings. The first-order valence-electron chi connectivity index (χ1n) is 10.4. The van der Waals surface area contributed by atoms with Gasteiger partial charge < -0.3 is 15.8 Å². The van der Waals surface area contributed by atoms with Crippen LogP contribution in [-0.2, 0) is 11.8 Å². The Morgan fingerprint density at radius 1 is 1.14 bits per heavy atom. The summed E-state index contributed by atoms with van der Waals surface area (Å²) in [6.45, 7) is 5.19. The number of nitrogens with two attached hydrogens (primary N) is 1. The maximum absolute atomic E-state index is 15.0. The summed E-state index contributed by atoms with van der Waals surface area (Å²) < 4.78 is 22.0. The number of carbonyl (C=O) groups is 2. The standard InChI is InChI=1S/C25H21FN6O3/c1-4-20(33)30-17-8-5-15(6-9-17)23-21(22(24(27)34)31-32(23)3)16-7-10-19(18(26)13-16)35-25-28-12-11-14(2)29-25/h4-13H,1H2,2-3H3,(H2,27,34)(H,30,33). The number of primary amides is 1. The molecule has 10 heteroatoms. The fourth-order valence-corrected chi connectivity index (χ4v) is 3.52. The van der Waals surface area contributed by atoms with Gasteiger partial charge in [-0.25, -0.2) is 14.4 Å². The van der Waals surface area contributed by atoms with Gasteiger partial charge in [0.15, 0.2) is 17.3 Å². The molecule has 3 N–H and O–H groups in total. The molecule has 0 fully saturated rings. The summed E-state index contributed by atoms with van der Waals surface area (Å²) in [6, 6.07) is 12.8. The molecule has 9 nitrogen and oxygen atoms in total. The van der Waals surface area contributed by atoms with Gasteiger partial charge in [-0.2, -0.15) is 5.10 Å². The predicted octanol–water partition coefficient (Wildman–Crippen LogP) is 4.01. The van der Waals surface area contributed by atoms with Gasteiger partial charge in [0.1, 0.15) is 0 Å². The molecule has 0 atom stereocenters. The summed E-state index contributed by atoms with van der Waals surface area (Å²) in [5.41, 5.74) is 8.75. The topological polar surface area (TPSA) is 125 Å². The molecule has 2 amide bonds. The first-order valence-corrected chi connectivity index (χ1v) is 10.4. The minimum atomic E-state index is -0.759. The highest BCUT2D eigenvalue weighted by Crippen LogP contribution is 2.37. The van der Waals surface area contributed by atoms with E-state index >= 15 is 4.39 Å². The smallest absolute Gasteiger partial charge is 0.322 e. The zero-order chi connectivity index (χ0) is 25.1. The molecule has 0 aliphatic heterocycles. The molecule has 0 bridgehead atoms. The molecule has 0 unspecified atom stereocenters. The Bertz CT molecular complexity index is 1450. The van der Waals surface area contributed by atoms with Gasteiger partial charge in [-0.1, -0.05) is 24.8 Å². The van der Waals surface area contributed by atoms with E-state index in [4.69, 9.17) is 10.5 Å². The van der Waals surface area contributed by atoms with Gasteiger partial charge in [-0.05, 0) is 48.9 Å². The number of carbonyl (C=O) groups excluding carboxylic acids is 2. The van der Waals surface area contributed by atoms with Crippen LogP contribution in [0.2, 0.25) is 0 Å². The van der Waals surface area contributed by atoms with E-state index < -0.39 is 11.7 Å². The molecule has 0 aliphatic carbocycles. The lowest BCUT2D eigenvalue weighted by Crippen LogP contribution is -2.13. The highest BCUT2D eigenvalue weighted by atomic mass is 19.1. The van der Waals surface area contributed by atoms with Crippen molar-refractivity contribution in [1.82, 2.24) is 19.7 Å². The van der Waals surface area contributed by atoms with Gasteiger partial charge in [0.2, 0.25) is 5.91 Å². The molecule has 0 saturated carbocycles. The molecule has 2 heterocycles. The number of hydrogen-bond donors (Lipinski definition) is 2. The molecular weight excluding hydrogens is 451 g/mol. The number of ether oxygens (including phenoxy) is 1. The molecule has 176 valence electrons. The molecule has 0 radical (unpaired) electrons. The summed E-state index contributed by atoms with van der Waals surface area (Å²) in [5.74, 6) is -1.86. The van der Waals surface area contributed by atoms with Crippen molar-refractivity contribution < 1.29 is 18.7 Å². The molecule has 2 aromatic carbocycles. The van der Waals surface area contributed by atoms with Crippen molar-refractivity contribution in [2.45, 2.75) is 6.92 Å². The third-order valence-electron chi connectivity index (χ3n) is 5.09. The molecule has 2 aromatic heterocycles. The Hall–Kier alpha value is -4.86. The summed E-state index contributed by atoms with van der Waals surface area (Å²) in [5, 5.41) is 6.93. The lowest BCUT2D eigenvalue weighted by Gasteiger charge is -2.11. The van der Waals surface area contributed by atoms with Gasteiger partial charge in [0, 0.05) is 35.8 Å². The van der Waals surface area contributed by atoms with Crippen LogP contribution in [0, 0.1) is 12.7 Å². The molecule has 0 saturated heterocycles. The van der Waals surface area contributed by atoms with Crippen molar-refractivity contribution in [3.63, 3.8) is 0 Å². The van der Waals surface area contributed by atoms with Gasteiger partial charge in [0.05, 0.1) is 5.69 Å². The normalized spacial score (nSPS) is 10.6. The van der Waals surface area contributed by atoms with Crippen molar-refractivity contribution in [3.8, 4) is 34.1 Å². The number of nitrogens with zero attached hydrogens (tertiary/aromatic N) is 4. The number of aryl methyl sites for hydroxylation is 2. The number of amides is 2. The van der Waals surface area contributed by atoms with E-state index in [-0.39, 0.29) is 23.4 Å². The number of benzene rings is 2. The fraction of sp³-hybridized carbons (Fsp3) is 0.0800. The number of anilines is 1. The minimum absolute atomic E-state index is 0.0124. The molecule has 0 spiro atoms. The second kappa shape index (κ2) is 9.56. The van der Waals surface area contributed by atoms with Crippen molar-refractivity contribution in [1.29, 1.82) is 0 Å². The number of nitrogens with one attached hydrogen (secondary N) is 1. The van der Waals surface area contributed by atoms with Crippen LogP contribution in [0.3, 0.4) is 0 Å². The van der Waals surface area contributed by atoms with E-state index in [9.17, 15) is 9.59 Å². The maximum atomic E-state index is 15.0. The van der Waals surface area contributed by atoms with Gasteiger partial charge in [-0.3, -0.25) is 14.3 Å². The van der Waals surface area contributed by atoms with Crippen LogP contribution < -0.4 is 15.8 Å². The average Bonchev–Trinajstić information content (AvgIpc) is 3.18. The Labute approximate surface area is 200 Å². The number of aromatic nitrogens is 4. The molecule has 0 aliphatic rings. The highest BCUT2D eigenvalue weighted by molar-refractivity contribution is 6.02. The van der Waals surface area contributed by atoms with Gasteiger partial charge >= 0.3 is 6.01 Å². The summed E-state index contributed by atoms with van der Waals surface area (Å²) >= 11 is 0. The number of hydrogen-bond acceptors (Lipinski definition) is 6. The minimum Gasteiger partial charge on any atom is -0.421 e. The van der Waals surface area contributed by atoms with Crippen LogP contribution in [0.25, 0.3) is 22.4 Å². The second-order valence-corrected chi connectivity index (χ2v) is 7.56. The van der Waals surface area contributed by atoms with Crippen LogP contribution in [0.1, 0.15) is 16.2 Å². The zero-order valence-electron chi connectivity index (χ0n) is 18.9. The highest BCUT2D eigenvalue weighted by Gasteiger charge is 2.24. The van der Waals surface area contributed by atoms with Gasteiger partial charge in [0.25, 0.3) is 5.91 Å². The summed E-state index contributed by atoms with van der Waals surface area (Å²) in [6.07, 6.45) is 2.68. The largest absolute Gasteiger partial charge is 0.421 e. The summed E-state index contributed by atoms with van der Waals surface area (Å²) in [7, 11) is 1.65. The zero-order valence-corrected chi connectivity index (χ0v) is 18.9. The Kier molecular flexibility index (Phi) is 6.36. The first kappa shape index (κ1) is 23.3. The fourth-order valence-electron chi connectivity index (χ4n) is 3.52. The van der Waals surface area contributed by atoms with Crippen molar-refractivity contribution in [2.75, 3.05) is 5.32 Å². The Morgan fingerprint density at radius 2 is 1.86 bits per heavy atom. The first-order chi connectivity index (χ1) is 16.8. The molecular formula is C25H21FN6O3. The van der Waals surface area contributed by atoms with E-state index in [0.717, 1.165) is 0 Å². The van der Waals surface area contributed by atoms with E-state index in [2.05, 4.69) is 27.0 Å². The van der Waals surface area contributed by atoms with Crippen LogP contribution in [-0.4, -0.2) is 31.6 Å². The van der Waals surface area contributed by atoms with Crippen LogP contribution in [0.15, 0.2) is 67.4 Å². The van der Waals surface area contributed by atoms with Crippen LogP contribution >= 0.6 is 0 Å². The molecule has 35 heavy (non-hydrogen) atoms. The van der Waals surface area contributed by atoms with Crippen molar-refractivity contribution in [2.24, 2.45) is 12.8 Å². The predicted molar refractivity (Wildman–Crippen MR) is 128 cm³/mol. The molecule has 4 rings (SSSR count). The number of halogens is 1. The lowest BCUT2D eigenvalue weighted by molar-refractivity contribution is -0.111. The third kappa shape index (κ3) is 4.91. The lowest BCUT2D eigenvalue weighted by atomic mass is 9.98. The third-order valence-corrected chi connectivity index (χ3v) is 5.09. The quantitative estimate of drug-likeness (QED) is 0.392. The Morgan fingerprint density at radius 3 is 2.49 bits per heavy atom. The van der Waals surface area contributed by atoms with Crippen LogP contribution in [0.5, 0.6) is 11.8 Å². The van der Waals surface area contributed by atoms with Crippen LogP contribution in [0.4, 0.5) is 10.1 Å². The monoisotopic (exact) mass is 472 g/mol.